The molecule has 4 nitrogen and oxygen atoms in total. The highest BCUT2D eigenvalue weighted by Crippen LogP contribution is 2.25. The van der Waals surface area contributed by atoms with E-state index in [4.69, 9.17) is 4.74 Å². The Bertz CT molecular complexity index is 523. The predicted octanol–water partition coefficient (Wildman–Crippen LogP) is 3.32. The van der Waals surface area contributed by atoms with Crippen LogP contribution in [0.1, 0.15) is 18.1 Å². The van der Waals surface area contributed by atoms with Crippen LogP contribution in [0.25, 0.3) is 0 Å². The van der Waals surface area contributed by atoms with Crippen molar-refractivity contribution < 1.29 is 4.74 Å². The molecule has 0 spiro atoms. The van der Waals surface area contributed by atoms with Gasteiger partial charge < -0.3 is 10.1 Å². The Labute approximate surface area is 107 Å². The zero-order valence-corrected chi connectivity index (χ0v) is 10.9. The molecule has 0 aliphatic carbocycles. The van der Waals surface area contributed by atoms with Crippen molar-refractivity contribution in [1.82, 2.24) is 9.97 Å². The van der Waals surface area contributed by atoms with Crippen LogP contribution in [-0.2, 0) is 0 Å². The fraction of sp³-hybridized carbons (Fsp3) is 0.286. The molecule has 94 valence electrons. The number of benzene rings is 1. The fourth-order valence-electron chi connectivity index (χ4n) is 1.60. The Kier molecular flexibility index (Phi) is 3.77. The van der Waals surface area contributed by atoms with E-state index < -0.39 is 0 Å². The van der Waals surface area contributed by atoms with E-state index >= 15 is 0 Å². The second-order valence-corrected chi connectivity index (χ2v) is 4.10. The van der Waals surface area contributed by atoms with Crippen molar-refractivity contribution in [3.8, 4) is 11.6 Å². The summed E-state index contributed by atoms with van der Waals surface area (Å²) < 4.78 is 5.76. The predicted molar refractivity (Wildman–Crippen MR) is 72.2 cm³/mol. The molecule has 1 aromatic heterocycles. The number of nitrogens with one attached hydrogen (secondary N) is 1. The smallest absolute Gasteiger partial charge is 0.227 e. The van der Waals surface area contributed by atoms with E-state index in [9.17, 15) is 0 Å². The molecular weight excluding hydrogens is 226 g/mol. The van der Waals surface area contributed by atoms with Gasteiger partial charge in [-0.1, -0.05) is 17.7 Å². The number of nitrogens with zero attached hydrogens (tertiary/aromatic N) is 2. The SMILES string of the molecule is CCNc1ncnc(Oc2ccc(C)cc2)c1C. The third-order valence-electron chi connectivity index (χ3n) is 2.62. The first-order chi connectivity index (χ1) is 8.70. The van der Waals surface area contributed by atoms with Crippen LogP contribution >= 0.6 is 0 Å². The van der Waals surface area contributed by atoms with Crippen LogP contribution in [0.2, 0.25) is 0 Å². The molecule has 0 amide bonds. The minimum absolute atomic E-state index is 0.588. The van der Waals surface area contributed by atoms with Crippen LogP contribution < -0.4 is 10.1 Å². The minimum Gasteiger partial charge on any atom is -0.439 e. The molecule has 2 aromatic rings. The highest BCUT2D eigenvalue weighted by molar-refractivity contribution is 5.48. The van der Waals surface area contributed by atoms with Crippen molar-refractivity contribution in [2.24, 2.45) is 0 Å². The number of hydrogen-bond donors (Lipinski definition) is 1. The molecule has 0 unspecified atom stereocenters. The lowest BCUT2D eigenvalue weighted by Crippen LogP contribution is -2.03. The molecule has 2 rings (SSSR count). The Hall–Kier alpha value is -2.10. The number of hydrogen-bond acceptors (Lipinski definition) is 4. The van der Waals surface area contributed by atoms with Crippen molar-refractivity contribution in [2.45, 2.75) is 20.8 Å². The van der Waals surface area contributed by atoms with Gasteiger partial charge in [-0.3, -0.25) is 0 Å². The van der Waals surface area contributed by atoms with Gasteiger partial charge in [0.2, 0.25) is 5.88 Å². The topological polar surface area (TPSA) is 47.0 Å². The maximum absolute atomic E-state index is 5.76. The maximum atomic E-state index is 5.76. The second-order valence-electron chi connectivity index (χ2n) is 4.10. The quantitative estimate of drug-likeness (QED) is 0.894. The molecule has 18 heavy (non-hydrogen) atoms. The molecule has 0 saturated carbocycles. The first-order valence-corrected chi connectivity index (χ1v) is 6.00. The number of rotatable bonds is 4. The monoisotopic (exact) mass is 243 g/mol. The van der Waals surface area contributed by atoms with Gasteiger partial charge in [-0.25, -0.2) is 9.97 Å². The summed E-state index contributed by atoms with van der Waals surface area (Å²) >= 11 is 0. The molecular formula is C14H17N3O. The average molecular weight is 243 g/mol. The molecule has 0 radical (unpaired) electrons. The van der Waals surface area contributed by atoms with Crippen LogP contribution in [0, 0.1) is 13.8 Å². The van der Waals surface area contributed by atoms with E-state index in [-0.39, 0.29) is 0 Å². The summed E-state index contributed by atoms with van der Waals surface area (Å²) in [4.78, 5) is 8.35. The lowest BCUT2D eigenvalue weighted by molar-refractivity contribution is 0.457. The summed E-state index contributed by atoms with van der Waals surface area (Å²) in [6.45, 7) is 6.84. The van der Waals surface area contributed by atoms with Gasteiger partial charge in [0.15, 0.2) is 0 Å². The molecule has 0 aliphatic rings. The van der Waals surface area contributed by atoms with Crippen LogP contribution in [0.3, 0.4) is 0 Å². The fourth-order valence-corrected chi connectivity index (χ4v) is 1.60. The number of aromatic nitrogens is 2. The minimum atomic E-state index is 0.588. The third kappa shape index (κ3) is 2.77. The molecule has 0 atom stereocenters. The molecule has 1 N–H and O–H groups in total. The Morgan fingerprint density at radius 2 is 1.83 bits per heavy atom. The maximum Gasteiger partial charge on any atom is 0.227 e. The Morgan fingerprint density at radius 3 is 2.50 bits per heavy atom. The van der Waals surface area contributed by atoms with Crippen LogP contribution in [0.5, 0.6) is 11.6 Å². The number of anilines is 1. The van der Waals surface area contributed by atoms with Gasteiger partial charge in [0, 0.05) is 6.54 Å². The first kappa shape index (κ1) is 12.4. The van der Waals surface area contributed by atoms with Gasteiger partial charge in [-0.05, 0) is 32.9 Å². The number of aryl methyl sites for hydroxylation is 1. The second kappa shape index (κ2) is 5.49. The van der Waals surface area contributed by atoms with Gasteiger partial charge in [0.05, 0.1) is 5.56 Å². The van der Waals surface area contributed by atoms with E-state index in [0.29, 0.717) is 5.88 Å². The van der Waals surface area contributed by atoms with Crippen molar-refractivity contribution in [1.29, 1.82) is 0 Å². The van der Waals surface area contributed by atoms with Gasteiger partial charge in [0.25, 0.3) is 0 Å². The third-order valence-corrected chi connectivity index (χ3v) is 2.62. The van der Waals surface area contributed by atoms with Crippen molar-refractivity contribution in [3.63, 3.8) is 0 Å². The first-order valence-electron chi connectivity index (χ1n) is 6.00. The zero-order valence-electron chi connectivity index (χ0n) is 10.9. The van der Waals surface area contributed by atoms with E-state index in [1.54, 1.807) is 0 Å². The summed E-state index contributed by atoms with van der Waals surface area (Å²) in [5.74, 6) is 2.18. The lowest BCUT2D eigenvalue weighted by Gasteiger charge is -2.11. The van der Waals surface area contributed by atoms with Gasteiger partial charge in [-0.15, -0.1) is 0 Å². The Morgan fingerprint density at radius 1 is 1.11 bits per heavy atom. The molecule has 1 heterocycles. The molecule has 0 aliphatic heterocycles. The standard InChI is InChI=1S/C14H17N3O/c1-4-15-13-11(3)14(17-9-16-13)18-12-7-5-10(2)6-8-12/h5-9H,4H2,1-3H3,(H,15,16,17). The van der Waals surface area contributed by atoms with E-state index in [2.05, 4.69) is 15.3 Å². The summed E-state index contributed by atoms with van der Waals surface area (Å²) in [7, 11) is 0. The number of ether oxygens (including phenoxy) is 1. The summed E-state index contributed by atoms with van der Waals surface area (Å²) in [5, 5.41) is 3.18. The molecule has 0 fully saturated rings. The van der Waals surface area contributed by atoms with Crippen molar-refractivity contribution in [3.05, 3.63) is 41.7 Å². The largest absolute Gasteiger partial charge is 0.439 e. The van der Waals surface area contributed by atoms with E-state index in [0.717, 1.165) is 23.7 Å². The summed E-state index contributed by atoms with van der Waals surface area (Å²) in [6, 6.07) is 7.89. The molecule has 4 heteroatoms. The van der Waals surface area contributed by atoms with Crippen LogP contribution in [0.4, 0.5) is 5.82 Å². The van der Waals surface area contributed by atoms with Crippen LogP contribution in [0.15, 0.2) is 30.6 Å². The van der Waals surface area contributed by atoms with E-state index in [1.807, 2.05) is 45.0 Å². The van der Waals surface area contributed by atoms with Gasteiger partial charge in [0.1, 0.15) is 17.9 Å². The highest BCUT2D eigenvalue weighted by Gasteiger charge is 2.08. The van der Waals surface area contributed by atoms with Gasteiger partial charge in [-0.2, -0.15) is 0 Å². The normalized spacial score (nSPS) is 10.2. The van der Waals surface area contributed by atoms with Crippen LogP contribution in [-0.4, -0.2) is 16.5 Å². The summed E-state index contributed by atoms with van der Waals surface area (Å²) in [5.41, 5.74) is 2.12. The molecule has 0 saturated heterocycles. The van der Waals surface area contributed by atoms with E-state index in [1.165, 1.54) is 11.9 Å². The average Bonchev–Trinajstić information content (AvgIpc) is 2.37. The van der Waals surface area contributed by atoms with Crippen molar-refractivity contribution in [2.75, 3.05) is 11.9 Å². The van der Waals surface area contributed by atoms with Crippen molar-refractivity contribution >= 4 is 5.82 Å². The lowest BCUT2D eigenvalue weighted by atomic mass is 10.2. The van der Waals surface area contributed by atoms with Gasteiger partial charge >= 0.3 is 0 Å². The summed E-state index contributed by atoms with van der Waals surface area (Å²) in [6.07, 6.45) is 1.51. The Balaban J connectivity index is 2.23. The highest BCUT2D eigenvalue weighted by atomic mass is 16.5. The zero-order chi connectivity index (χ0) is 13.0. The molecule has 1 aromatic carbocycles. The molecule has 0 bridgehead atoms.